The van der Waals surface area contributed by atoms with Gasteiger partial charge >= 0.3 is 5.97 Å². The smallest absolute Gasteiger partial charge is 0.357 e. The Morgan fingerprint density at radius 3 is 2.85 bits per heavy atom. The normalized spacial score (nSPS) is 11.1. The third-order valence-corrected chi connectivity index (χ3v) is 2.95. The number of fused-ring (bicyclic) bond motifs is 1. The van der Waals surface area contributed by atoms with E-state index in [9.17, 15) is 4.79 Å². The Kier molecular flexibility index (Phi) is 5.09. The van der Waals surface area contributed by atoms with Crippen LogP contribution >= 0.6 is 0 Å². The van der Waals surface area contributed by atoms with Crippen LogP contribution in [0.3, 0.4) is 0 Å². The molecule has 0 fully saturated rings. The van der Waals surface area contributed by atoms with Crippen molar-refractivity contribution >= 4 is 16.9 Å². The highest BCUT2D eigenvalue weighted by Crippen LogP contribution is 2.18. The molecule has 0 aliphatic carbocycles. The van der Waals surface area contributed by atoms with Crippen molar-refractivity contribution < 1.29 is 19.4 Å². The van der Waals surface area contributed by atoms with Crippen LogP contribution in [0.4, 0.5) is 0 Å². The van der Waals surface area contributed by atoms with Crippen LogP contribution in [0.2, 0.25) is 0 Å². The van der Waals surface area contributed by atoms with E-state index in [-0.39, 0.29) is 5.69 Å². The second-order valence-electron chi connectivity index (χ2n) is 4.35. The molecule has 0 bridgehead atoms. The second-order valence-corrected chi connectivity index (χ2v) is 4.35. The van der Waals surface area contributed by atoms with E-state index in [1.807, 2.05) is 18.2 Å². The Balaban J connectivity index is 2.01. The monoisotopic (exact) mass is 278 g/mol. The van der Waals surface area contributed by atoms with Crippen LogP contribution in [0.5, 0.6) is 0 Å². The van der Waals surface area contributed by atoms with Gasteiger partial charge in [0, 0.05) is 25.7 Å². The van der Waals surface area contributed by atoms with Crippen molar-refractivity contribution in [2.75, 3.05) is 26.9 Å². The van der Waals surface area contributed by atoms with Gasteiger partial charge in [0.25, 0.3) is 0 Å². The van der Waals surface area contributed by atoms with Crippen LogP contribution in [0, 0.1) is 0 Å². The van der Waals surface area contributed by atoms with Gasteiger partial charge in [0.05, 0.1) is 18.7 Å². The minimum absolute atomic E-state index is 0.0833. The summed E-state index contributed by atoms with van der Waals surface area (Å²) in [6.07, 6.45) is 0.844. The number of nitrogens with zero attached hydrogens (tertiary/aromatic N) is 2. The summed E-state index contributed by atoms with van der Waals surface area (Å²) in [5, 5.41) is 13.9. The molecule has 2 rings (SSSR count). The number of rotatable bonds is 8. The molecule has 6 heteroatoms. The molecule has 1 N–H and O–H groups in total. The maximum atomic E-state index is 11.2. The topological polar surface area (TPSA) is 73.6 Å². The van der Waals surface area contributed by atoms with Gasteiger partial charge in [-0.15, -0.1) is 0 Å². The highest BCUT2D eigenvalue weighted by molar-refractivity contribution is 6.01. The number of carbonyl (C=O) groups is 1. The van der Waals surface area contributed by atoms with Crippen LogP contribution in [-0.4, -0.2) is 47.8 Å². The minimum atomic E-state index is -1.01. The second kappa shape index (κ2) is 7.02. The molecule has 0 aliphatic rings. The van der Waals surface area contributed by atoms with Crippen molar-refractivity contribution in [2.45, 2.75) is 13.0 Å². The summed E-state index contributed by atoms with van der Waals surface area (Å²) >= 11 is 0. The number of hydrogen-bond donors (Lipinski definition) is 1. The van der Waals surface area contributed by atoms with Crippen LogP contribution in [0.25, 0.3) is 10.9 Å². The Labute approximate surface area is 116 Å². The SMILES string of the molecule is COCCCOCCn1nc(C(=O)O)c2ccccc21. The summed E-state index contributed by atoms with van der Waals surface area (Å²) in [7, 11) is 1.66. The number of hydrogen-bond acceptors (Lipinski definition) is 4. The molecule has 0 aliphatic heterocycles. The van der Waals surface area contributed by atoms with E-state index in [1.54, 1.807) is 17.9 Å². The van der Waals surface area contributed by atoms with Gasteiger partial charge in [-0.2, -0.15) is 5.10 Å². The number of aromatic nitrogens is 2. The lowest BCUT2D eigenvalue weighted by Gasteiger charge is -2.05. The molecule has 6 nitrogen and oxygen atoms in total. The number of ether oxygens (including phenoxy) is 2. The lowest BCUT2D eigenvalue weighted by molar-refractivity contribution is 0.0689. The summed E-state index contributed by atoms with van der Waals surface area (Å²) < 4.78 is 12.1. The average molecular weight is 278 g/mol. The fourth-order valence-electron chi connectivity index (χ4n) is 2.01. The largest absolute Gasteiger partial charge is 0.476 e. The third kappa shape index (κ3) is 3.34. The summed E-state index contributed by atoms with van der Waals surface area (Å²) in [4.78, 5) is 11.2. The van der Waals surface area contributed by atoms with Crippen LogP contribution < -0.4 is 0 Å². The van der Waals surface area contributed by atoms with E-state index in [0.29, 0.717) is 31.8 Å². The molecule has 2 aromatic rings. The van der Waals surface area contributed by atoms with Crippen molar-refractivity contribution in [1.29, 1.82) is 0 Å². The highest BCUT2D eigenvalue weighted by Gasteiger charge is 2.15. The lowest BCUT2D eigenvalue weighted by atomic mass is 10.2. The molecule has 1 heterocycles. The molecule has 108 valence electrons. The molecular weight excluding hydrogens is 260 g/mol. The van der Waals surface area contributed by atoms with E-state index in [1.165, 1.54) is 0 Å². The number of para-hydroxylation sites is 1. The van der Waals surface area contributed by atoms with Gasteiger partial charge in [0.15, 0.2) is 5.69 Å². The summed E-state index contributed by atoms with van der Waals surface area (Å²) in [6.45, 7) is 2.32. The number of carboxylic acid groups (broad SMARTS) is 1. The fourth-order valence-corrected chi connectivity index (χ4v) is 2.01. The maximum absolute atomic E-state index is 11.2. The van der Waals surface area contributed by atoms with Crippen LogP contribution in [0.1, 0.15) is 16.9 Å². The molecule has 0 spiro atoms. The van der Waals surface area contributed by atoms with E-state index >= 15 is 0 Å². The Hall–Kier alpha value is -1.92. The average Bonchev–Trinajstić information content (AvgIpc) is 2.82. The van der Waals surface area contributed by atoms with Gasteiger partial charge in [-0.1, -0.05) is 18.2 Å². The molecule has 20 heavy (non-hydrogen) atoms. The van der Waals surface area contributed by atoms with E-state index in [0.717, 1.165) is 11.9 Å². The molecule has 0 saturated heterocycles. The molecule has 1 aromatic heterocycles. The minimum Gasteiger partial charge on any atom is -0.476 e. The third-order valence-electron chi connectivity index (χ3n) is 2.95. The molecule has 0 saturated carbocycles. The van der Waals surface area contributed by atoms with Crippen LogP contribution in [-0.2, 0) is 16.0 Å². The van der Waals surface area contributed by atoms with Gasteiger partial charge in [-0.25, -0.2) is 4.79 Å². The Morgan fingerprint density at radius 2 is 2.10 bits per heavy atom. The maximum Gasteiger partial charge on any atom is 0.357 e. The fraction of sp³-hybridized carbons (Fsp3) is 0.429. The van der Waals surface area contributed by atoms with E-state index in [2.05, 4.69) is 5.10 Å². The van der Waals surface area contributed by atoms with Crippen molar-refractivity contribution in [1.82, 2.24) is 9.78 Å². The number of methoxy groups -OCH3 is 1. The first kappa shape index (κ1) is 14.5. The quantitative estimate of drug-likeness (QED) is 0.745. The first-order valence-electron chi connectivity index (χ1n) is 6.49. The molecule has 1 aromatic carbocycles. The standard InChI is InChI=1S/C14H18N2O4/c1-19-8-4-9-20-10-7-16-12-6-3-2-5-11(12)13(15-16)14(17)18/h2-3,5-6H,4,7-10H2,1H3,(H,17,18). The van der Waals surface area contributed by atoms with Crippen molar-refractivity contribution in [2.24, 2.45) is 0 Å². The predicted octanol–water partition coefficient (Wildman–Crippen LogP) is 1.79. The van der Waals surface area contributed by atoms with Gasteiger partial charge in [-0.3, -0.25) is 4.68 Å². The molecular formula is C14H18N2O4. The Morgan fingerprint density at radius 1 is 1.30 bits per heavy atom. The zero-order valence-electron chi connectivity index (χ0n) is 11.4. The molecule has 0 unspecified atom stereocenters. The van der Waals surface area contributed by atoms with Crippen LogP contribution in [0.15, 0.2) is 24.3 Å². The summed E-state index contributed by atoms with van der Waals surface area (Å²) in [5.41, 5.74) is 0.894. The Bertz CT molecular complexity index is 580. The molecule has 0 amide bonds. The number of carboxylic acids is 1. The lowest BCUT2D eigenvalue weighted by Crippen LogP contribution is -2.10. The van der Waals surface area contributed by atoms with Gasteiger partial charge in [0.1, 0.15) is 0 Å². The zero-order valence-corrected chi connectivity index (χ0v) is 11.4. The molecule has 0 atom stereocenters. The first-order chi connectivity index (χ1) is 9.74. The van der Waals surface area contributed by atoms with Crippen molar-refractivity contribution in [3.63, 3.8) is 0 Å². The number of aromatic carboxylic acids is 1. The number of benzene rings is 1. The van der Waals surface area contributed by atoms with Crippen molar-refractivity contribution in [3.05, 3.63) is 30.0 Å². The van der Waals surface area contributed by atoms with Gasteiger partial charge < -0.3 is 14.6 Å². The van der Waals surface area contributed by atoms with E-state index in [4.69, 9.17) is 14.6 Å². The summed E-state index contributed by atoms with van der Waals surface area (Å²) in [5.74, 6) is -1.01. The predicted molar refractivity (Wildman–Crippen MR) is 74.0 cm³/mol. The van der Waals surface area contributed by atoms with Gasteiger partial charge in [-0.05, 0) is 12.5 Å². The molecule has 0 radical (unpaired) electrons. The van der Waals surface area contributed by atoms with Crippen molar-refractivity contribution in [3.8, 4) is 0 Å². The first-order valence-corrected chi connectivity index (χ1v) is 6.49. The van der Waals surface area contributed by atoms with Gasteiger partial charge in [0.2, 0.25) is 0 Å². The summed E-state index contributed by atoms with van der Waals surface area (Å²) in [6, 6.07) is 7.30. The van der Waals surface area contributed by atoms with E-state index < -0.39 is 5.97 Å². The zero-order chi connectivity index (χ0) is 14.4. The highest BCUT2D eigenvalue weighted by atomic mass is 16.5.